The van der Waals surface area contributed by atoms with E-state index in [0.29, 0.717) is 0 Å². The van der Waals surface area contributed by atoms with Crippen LogP contribution in [0.5, 0.6) is 0 Å². The molecule has 3 N–H and O–H groups in total. The van der Waals surface area contributed by atoms with Gasteiger partial charge in [-0.05, 0) is 21.1 Å². The van der Waals surface area contributed by atoms with Gasteiger partial charge in [0, 0.05) is 0 Å². The van der Waals surface area contributed by atoms with E-state index >= 15 is 0 Å². The zero-order valence-corrected chi connectivity index (χ0v) is 8.09. The van der Waals surface area contributed by atoms with Crippen LogP contribution in [0.1, 0.15) is 0 Å². The van der Waals surface area contributed by atoms with Gasteiger partial charge >= 0.3 is 17.9 Å². The third-order valence-electron chi connectivity index (χ3n) is 0.741. The van der Waals surface area contributed by atoms with Gasteiger partial charge in [-0.15, -0.1) is 0 Å². The molecule has 0 rings (SSSR count). The highest BCUT2D eigenvalue weighted by Crippen LogP contribution is 1.95. The number of hydrogen-bond donors (Lipinski definition) is 3. The van der Waals surface area contributed by atoms with Gasteiger partial charge in [0.05, 0.1) is 0 Å². The molecule has 7 heteroatoms. The first kappa shape index (κ1) is 14.9. The summed E-state index contributed by atoms with van der Waals surface area (Å²) in [6, 6.07) is 0. The molecule has 0 amide bonds. The van der Waals surface area contributed by atoms with Crippen molar-refractivity contribution in [2.75, 3.05) is 21.1 Å². The van der Waals surface area contributed by atoms with Gasteiger partial charge < -0.3 is 20.2 Å². The zero-order chi connectivity index (χ0) is 11.9. The number of carboxylic acid groups (broad SMARTS) is 3. The van der Waals surface area contributed by atoms with Crippen molar-refractivity contribution < 1.29 is 29.7 Å². The Kier molecular flexibility index (Phi) is 7.27. The minimum absolute atomic E-state index is 1.87. The Balaban J connectivity index is 0. The maximum absolute atomic E-state index is 9.82. The highest BCUT2D eigenvalue weighted by Gasteiger charge is 2.33. The summed E-state index contributed by atoms with van der Waals surface area (Å²) in [5, 5.41) is 23.9. The molecule has 0 aliphatic heterocycles. The second kappa shape index (κ2) is 6.84. The fourth-order valence-corrected chi connectivity index (χ4v) is 0.317. The number of aliphatic carboxylic acids is 3. The first-order valence-electron chi connectivity index (χ1n) is 3.49. The molecule has 0 heterocycles. The van der Waals surface area contributed by atoms with Gasteiger partial charge in [0.2, 0.25) is 5.92 Å². The van der Waals surface area contributed by atoms with Gasteiger partial charge in [0.25, 0.3) is 0 Å². The van der Waals surface area contributed by atoms with E-state index in [1.165, 1.54) is 0 Å². The number of hydrogen-bond acceptors (Lipinski definition) is 4. The monoisotopic (exact) mass is 207 g/mol. The molecule has 0 bridgehead atoms. The predicted molar refractivity (Wildman–Crippen MR) is 46.0 cm³/mol. The molecule has 0 atom stereocenters. The van der Waals surface area contributed by atoms with E-state index < -0.39 is 23.8 Å². The van der Waals surface area contributed by atoms with E-state index in [2.05, 4.69) is 0 Å². The van der Waals surface area contributed by atoms with Crippen molar-refractivity contribution in [1.82, 2.24) is 4.90 Å². The molecular formula is C7H13NO6. The smallest absolute Gasteiger partial charge is 0.329 e. The van der Waals surface area contributed by atoms with Gasteiger partial charge in [-0.2, -0.15) is 0 Å². The summed E-state index contributed by atoms with van der Waals surface area (Å²) in [6.07, 6.45) is 0. The quantitative estimate of drug-likeness (QED) is 0.510. The summed E-state index contributed by atoms with van der Waals surface area (Å²) in [5.74, 6) is -7.99. The number of nitrogens with zero attached hydrogens (tertiary/aromatic N) is 1. The zero-order valence-electron chi connectivity index (χ0n) is 8.09. The summed E-state index contributed by atoms with van der Waals surface area (Å²) in [5.41, 5.74) is 0. The van der Waals surface area contributed by atoms with E-state index in [-0.39, 0.29) is 0 Å². The van der Waals surface area contributed by atoms with E-state index in [0.717, 1.165) is 0 Å². The molecule has 14 heavy (non-hydrogen) atoms. The molecule has 0 spiro atoms. The van der Waals surface area contributed by atoms with Crippen LogP contribution >= 0.6 is 0 Å². The van der Waals surface area contributed by atoms with E-state index in [9.17, 15) is 14.4 Å². The van der Waals surface area contributed by atoms with Crippen molar-refractivity contribution in [2.45, 2.75) is 0 Å². The highest BCUT2D eigenvalue weighted by atomic mass is 16.4. The van der Waals surface area contributed by atoms with Gasteiger partial charge in [-0.3, -0.25) is 14.4 Å². The molecule has 7 nitrogen and oxygen atoms in total. The SMILES string of the molecule is CN(C)C.O=C(O)C(C(=O)O)C(=O)O. The molecule has 0 aromatic heterocycles. The minimum Gasteiger partial charge on any atom is -0.480 e. The Morgan fingerprint density at radius 1 is 0.857 bits per heavy atom. The van der Waals surface area contributed by atoms with Crippen molar-refractivity contribution >= 4 is 17.9 Å². The van der Waals surface area contributed by atoms with Crippen LogP contribution in [-0.2, 0) is 14.4 Å². The van der Waals surface area contributed by atoms with E-state index in [1.807, 2.05) is 26.0 Å². The molecule has 0 aliphatic rings. The van der Waals surface area contributed by atoms with Crippen molar-refractivity contribution in [3.05, 3.63) is 0 Å². The molecular weight excluding hydrogens is 194 g/mol. The van der Waals surface area contributed by atoms with Gasteiger partial charge in [-0.25, -0.2) is 0 Å². The summed E-state index contributed by atoms with van der Waals surface area (Å²) in [6.45, 7) is 0. The summed E-state index contributed by atoms with van der Waals surface area (Å²) in [7, 11) is 6.00. The third kappa shape index (κ3) is 8.47. The van der Waals surface area contributed by atoms with Crippen molar-refractivity contribution in [3.63, 3.8) is 0 Å². The van der Waals surface area contributed by atoms with Crippen LogP contribution in [0.25, 0.3) is 0 Å². The molecule has 82 valence electrons. The first-order chi connectivity index (χ1) is 6.20. The van der Waals surface area contributed by atoms with Gasteiger partial charge in [0.15, 0.2) is 0 Å². The lowest BCUT2D eigenvalue weighted by Crippen LogP contribution is -2.31. The minimum atomic E-state index is -2.36. The van der Waals surface area contributed by atoms with Crippen LogP contribution in [0, 0.1) is 5.92 Å². The lowest BCUT2D eigenvalue weighted by atomic mass is 10.1. The lowest BCUT2D eigenvalue weighted by molar-refractivity contribution is -0.163. The molecule has 0 saturated heterocycles. The van der Waals surface area contributed by atoms with Crippen LogP contribution in [0.15, 0.2) is 0 Å². The Labute approximate surface area is 80.6 Å². The summed E-state index contributed by atoms with van der Waals surface area (Å²) < 4.78 is 0. The van der Waals surface area contributed by atoms with Crippen LogP contribution in [0.4, 0.5) is 0 Å². The highest BCUT2D eigenvalue weighted by molar-refractivity contribution is 6.10. The molecule has 0 unspecified atom stereocenters. The maximum Gasteiger partial charge on any atom is 0.329 e. The predicted octanol–water partition coefficient (Wildman–Crippen LogP) is -0.966. The van der Waals surface area contributed by atoms with Crippen LogP contribution in [0.3, 0.4) is 0 Å². The van der Waals surface area contributed by atoms with Crippen LogP contribution < -0.4 is 0 Å². The lowest BCUT2D eigenvalue weighted by Gasteiger charge is -1.97. The fraction of sp³-hybridized carbons (Fsp3) is 0.571. The van der Waals surface area contributed by atoms with E-state index in [4.69, 9.17) is 15.3 Å². The number of carbonyl (C=O) groups is 3. The Bertz CT molecular complexity index is 188. The van der Waals surface area contributed by atoms with Crippen LogP contribution in [0.2, 0.25) is 0 Å². The van der Waals surface area contributed by atoms with Crippen molar-refractivity contribution in [3.8, 4) is 0 Å². The second-order valence-corrected chi connectivity index (χ2v) is 2.79. The summed E-state index contributed by atoms with van der Waals surface area (Å²) >= 11 is 0. The topological polar surface area (TPSA) is 115 Å². The number of carboxylic acids is 3. The molecule has 0 radical (unpaired) electrons. The van der Waals surface area contributed by atoms with Gasteiger partial charge in [-0.1, -0.05) is 0 Å². The second-order valence-electron chi connectivity index (χ2n) is 2.79. The number of rotatable bonds is 3. The first-order valence-corrected chi connectivity index (χ1v) is 3.49. The van der Waals surface area contributed by atoms with E-state index in [1.54, 1.807) is 0 Å². The van der Waals surface area contributed by atoms with Crippen molar-refractivity contribution in [1.29, 1.82) is 0 Å². The normalized spacial score (nSPS) is 9.21. The largest absolute Gasteiger partial charge is 0.480 e. The average molecular weight is 207 g/mol. The molecule has 0 saturated carbocycles. The Morgan fingerprint density at radius 3 is 1.00 bits per heavy atom. The standard InChI is InChI=1S/C4H4O6.C3H9N/c5-2(6)1(3(7)8)4(9)10;1-4(2)3/h1H,(H,5,6)(H,7,8)(H,9,10);1-3H3. The molecule has 0 aliphatic carbocycles. The molecule has 0 aromatic rings. The molecule has 0 aromatic carbocycles. The Morgan fingerprint density at radius 2 is 1.00 bits per heavy atom. The third-order valence-corrected chi connectivity index (χ3v) is 0.741. The van der Waals surface area contributed by atoms with Crippen molar-refractivity contribution in [2.24, 2.45) is 5.92 Å². The average Bonchev–Trinajstić information content (AvgIpc) is 1.80. The van der Waals surface area contributed by atoms with Gasteiger partial charge in [0.1, 0.15) is 0 Å². The Hall–Kier alpha value is -1.63. The molecule has 0 fully saturated rings. The maximum atomic E-state index is 9.82. The fourth-order valence-electron chi connectivity index (χ4n) is 0.317. The van der Waals surface area contributed by atoms with Crippen LogP contribution in [-0.4, -0.2) is 59.3 Å². The summed E-state index contributed by atoms with van der Waals surface area (Å²) in [4.78, 5) is 31.5.